The van der Waals surface area contributed by atoms with Crippen molar-refractivity contribution in [2.75, 3.05) is 58.3 Å². The van der Waals surface area contributed by atoms with E-state index in [1.165, 1.54) is 4.90 Å². The first-order valence-corrected chi connectivity index (χ1v) is 8.79. The molecule has 1 aromatic rings. The Morgan fingerprint density at radius 1 is 1.21 bits per heavy atom. The van der Waals surface area contributed by atoms with Gasteiger partial charge < -0.3 is 15.1 Å². The number of carbonyl (C=O) groups excluding carboxylic acids is 2. The third-order valence-corrected chi connectivity index (χ3v) is 4.52. The number of alkyl halides is 3. The van der Waals surface area contributed by atoms with Gasteiger partial charge >= 0.3 is 6.18 Å². The highest BCUT2D eigenvalue weighted by atomic mass is 19.4. The first kappa shape index (κ1) is 22.4. The van der Waals surface area contributed by atoms with Crippen molar-refractivity contribution in [2.45, 2.75) is 6.18 Å². The molecule has 0 unspecified atom stereocenters. The van der Waals surface area contributed by atoms with E-state index in [-0.39, 0.29) is 30.6 Å². The second-order valence-electron chi connectivity index (χ2n) is 6.79. The minimum atomic E-state index is -4.66. The number of nitrogens with zero attached hydrogens (tertiary/aromatic N) is 4. The second kappa shape index (κ2) is 9.07. The number of nitrogens with one attached hydrogen (secondary N) is 1. The molecule has 1 N–H and O–H groups in total. The number of hydrogen-bond donors (Lipinski definition) is 1. The zero-order chi connectivity index (χ0) is 21.8. The lowest BCUT2D eigenvalue weighted by Gasteiger charge is -2.35. The summed E-state index contributed by atoms with van der Waals surface area (Å²) in [4.78, 5) is 38.6. The van der Waals surface area contributed by atoms with Crippen molar-refractivity contribution >= 4 is 23.2 Å². The maximum absolute atomic E-state index is 12.8. The van der Waals surface area contributed by atoms with Crippen LogP contribution in [0.4, 0.5) is 24.5 Å². The zero-order valence-electron chi connectivity index (χ0n) is 16.0. The minimum Gasteiger partial charge on any atom is -0.363 e. The summed E-state index contributed by atoms with van der Waals surface area (Å²) in [6, 6.07) is 2.47. The van der Waals surface area contributed by atoms with Crippen LogP contribution in [0.15, 0.2) is 18.2 Å². The normalized spacial score (nSPS) is 15.1. The third-order valence-electron chi connectivity index (χ3n) is 4.52. The molecule has 1 heterocycles. The maximum atomic E-state index is 12.8. The lowest BCUT2D eigenvalue weighted by atomic mass is 10.1. The molecule has 12 heteroatoms. The van der Waals surface area contributed by atoms with Gasteiger partial charge in [0.05, 0.1) is 23.6 Å². The number of amides is 2. The molecule has 1 aliphatic heterocycles. The van der Waals surface area contributed by atoms with Crippen LogP contribution < -0.4 is 10.2 Å². The summed E-state index contributed by atoms with van der Waals surface area (Å²) in [5.74, 6) is -0.563. The fourth-order valence-electron chi connectivity index (χ4n) is 2.85. The monoisotopic (exact) mass is 417 g/mol. The number of hydrogen-bond acceptors (Lipinski definition) is 6. The fourth-order valence-corrected chi connectivity index (χ4v) is 2.85. The van der Waals surface area contributed by atoms with Gasteiger partial charge in [-0.1, -0.05) is 0 Å². The van der Waals surface area contributed by atoms with Crippen molar-refractivity contribution in [3.05, 3.63) is 33.9 Å². The Morgan fingerprint density at radius 2 is 1.83 bits per heavy atom. The van der Waals surface area contributed by atoms with E-state index >= 15 is 0 Å². The molecule has 9 nitrogen and oxygen atoms in total. The van der Waals surface area contributed by atoms with Crippen molar-refractivity contribution in [3.8, 4) is 0 Å². The van der Waals surface area contributed by atoms with Gasteiger partial charge in [0.25, 0.3) is 5.69 Å². The standard InChI is InChI=1S/C17H22F3N5O4/c1-22(2)16(27)10-21-15(26)11-23-5-7-24(8-6-23)13-4-3-12(17(18,19)20)9-14(13)25(28)29/h3-4,9H,5-8,10-11H2,1-2H3,(H,21,26). The molecule has 1 fully saturated rings. The number of piperazine rings is 1. The van der Waals surface area contributed by atoms with Crippen molar-refractivity contribution in [3.63, 3.8) is 0 Å². The number of carbonyl (C=O) groups is 2. The lowest BCUT2D eigenvalue weighted by molar-refractivity contribution is -0.384. The molecule has 0 saturated carbocycles. The molecule has 1 aliphatic rings. The van der Waals surface area contributed by atoms with Gasteiger partial charge in [-0.25, -0.2) is 0 Å². The SMILES string of the molecule is CN(C)C(=O)CNC(=O)CN1CCN(c2ccc(C(F)(F)F)cc2[N+](=O)[O-])CC1. The number of nitro groups is 1. The number of halogens is 3. The van der Waals surface area contributed by atoms with E-state index in [0.29, 0.717) is 32.2 Å². The highest BCUT2D eigenvalue weighted by Gasteiger charge is 2.34. The van der Waals surface area contributed by atoms with Crippen LogP contribution in [-0.4, -0.2) is 79.9 Å². The molecule has 2 amide bonds. The Hall–Kier alpha value is -2.89. The number of anilines is 1. The largest absolute Gasteiger partial charge is 0.416 e. The minimum absolute atomic E-state index is 0.0592. The maximum Gasteiger partial charge on any atom is 0.416 e. The summed E-state index contributed by atoms with van der Waals surface area (Å²) >= 11 is 0. The third kappa shape index (κ3) is 6.04. The molecule has 0 spiro atoms. The highest BCUT2D eigenvalue weighted by molar-refractivity contribution is 5.85. The Kier molecular flexibility index (Phi) is 7.01. The molecule has 0 aliphatic carbocycles. The van der Waals surface area contributed by atoms with E-state index in [1.807, 2.05) is 4.90 Å². The summed E-state index contributed by atoms with van der Waals surface area (Å²) in [5, 5.41) is 13.8. The van der Waals surface area contributed by atoms with Gasteiger partial charge in [-0.3, -0.25) is 24.6 Å². The van der Waals surface area contributed by atoms with Crippen LogP contribution in [-0.2, 0) is 15.8 Å². The van der Waals surface area contributed by atoms with E-state index in [1.54, 1.807) is 19.0 Å². The van der Waals surface area contributed by atoms with Gasteiger partial charge in [0.1, 0.15) is 5.69 Å². The number of benzene rings is 1. The van der Waals surface area contributed by atoms with E-state index in [2.05, 4.69) is 5.32 Å². The van der Waals surface area contributed by atoms with Crippen LogP contribution in [0.3, 0.4) is 0 Å². The molecule has 160 valence electrons. The summed E-state index contributed by atoms with van der Waals surface area (Å²) < 4.78 is 38.5. The van der Waals surface area contributed by atoms with Crippen LogP contribution in [0.2, 0.25) is 0 Å². The Morgan fingerprint density at radius 3 is 2.34 bits per heavy atom. The van der Waals surface area contributed by atoms with Gasteiger partial charge in [-0.2, -0.15) is 13.2 Å². The average Bonchev–Trinajstić information content (AvgIpc) is 2.65. The molecule has 1 saturated heterocycles. The van der Waals surface area contributed by atoms with Gasteiger partial charge in [-0.15, -0.1) is 0 Å². The summed E-state index contributed by atoms with van der Waals surface area (Å²) in [5.41, 5.74) is -1.56. The van der Waals surface area contributed by atoms with Gasteiger partial charge in [0.2, 0.25) is 11.8 Å². The quantitative estimate of drug-likeness (QED) is 0.546. The number of likely N-dealkylation sites (N-methyl/N-ethyl adjacent to an activating group) is 1. The van der Waals surface area contributed by atoms with Crippen LogP contribution in [0.25, 0.3) is 0 Å². The molecular weight excluding hydrogens is 395 g/mol. The Bertz CT molecular complexity index is 777. The predicted octanol–water partition coefficient (Wildman–Crippen LogP) is 0.940. The molecule has 29 heavy (non-hydrogen) atoms. The molecular formula is C17H22F3N5O4. The van der Waals surface area contributed by atoms with Crippen LogP contribution in [0.1, 0.15) is 5.56 Å². The van der Waals surface area contributed by atoms with Gasteiger partial charge in [-0.05, 0) is 12.1 Å². The first-order chi connectivity index (χ1) is 13.5. The van der Waals surface area contributed by atoms with E-state index < -0.39 is 22.4 Å². The molecule has 0 radical (unpaired) electrons. The second-order valence-corrected chi connectivity index (χ2v) is 6.79. The van der Waals surface area contributed by atoms with Crippen molar-refractivity contribution < 1.29 is 27.7 Å². The molecule has 2 rings (SSSR count). The first-order valence-electron chi connectivity index (χ1n) is 8.79. The van der Waals surface area contributed by atoms with Crippen LogP contribution in [0.5, 0.6) is 0 Å². The lowest BCUT2D eigenvalue weighted by Crippen LogP contribution is -2.50. The van der Waals surface area contributed by atoms with E-state index in [0.717, 1.165) is 12.1 Å². The summed E-state index contributed by atoms with van der Waals surface area (Å²) in [7, 11) is 3.16. The van der Waals surface area contributed by atoms with Crippen molar-refractivity contribution in [1.29, 1.82) is 0 Å². The molecule has 0 bridgehead atoms. The van der Waals surface area contributed by atoms with Crippen molar-refractivity contribution in [1.82, 2.24) is 15.1 Å². The molecule has 0 aromatic heterocycles. The van der Waals surface area contributed by atoms with Crippen LogP contribution in [0, 0.1) is 10.1 Å². The fraction of sp³-hybridized carbons (Fsp3) is 0.529. The topological polar surface area (TPSA) is 99.0 Å². The Balaban J connectivity index is 1.96. The van der Waals surface area contributed by atoms with E-state index in [4.69, 9.17) is 0 Å². The zero-order valence-corrected chi connectivity index (χ0v) is 16.0. The number of rotatable bonds is 6. The van der Waals surface area contributed by atoms with E-state index in [9.17, 15) is 32.9 Å². The smallest absolute Gasteiger partial charge is 0.363 e. The van der Waals surface area contributed by atoms with Gasteiger partial charge in [0.15, 0.2) is 0 Å². The Labute approximate surface area is 165 Å². The molecule has 1 aromatic carbocycles. The van der Waals surface area contributed by atoms with Crippen LogP contribution >= 0.6 is 0 Å². The number of nitro benzene ring substituents is 1. The van der Waals surface area contributed by atoms with Gasteiger partial charge in [0, 0.05) is 46.3 Å². The summed E-state index contributed by atoms with van der Waals surface area (Å²) in [6.45, 7) is 1.37. The molecule has 0 atom stereocenters. The highest BCUT2D eigenvalue weighted by Crippen LogP contribution is 2.36. The predicted molar refractivity (Wildman–Crippen MR) is 98.5 cm³/mol. The average molecular weight is 417 g/mol. The summed E-state index contributed by atoms with van der Waals surface area (Å²) in [6.07, 6.45) is -4.66. The van der Waals surface area contributed by atoms with Crippen molar-refractivity contribution in [2.24, 2.45) is 0 Å².